The van der Waals surface area contributed by atoms with Gasteiger partial charge in [-0.1, -0.05) is 78.9 Å². The first kappa shape index (κ1) is 16.9. The highest BCUT2D eigenvalue weighted by Crippen LogP contribution is 2.25. The van der Waals surface area contributed by atoms with E-state index in [9.17, 15) is 4.79 Å². The third kappa shape index (κ3) is 3.82. The van der Waals surface area contributed by atoms with E-state index in [2.05, 4.69) is 4.98 Å². The van der Waals surface area contributed by atoms with Crippen LogP contribution in [-0.4, -0.2) is 16.5 Å². The fraction of sp³-hybridized carbons (Fsp3) is 0.0417. The minimum Gasteiger partial charge on any atom is -0.294 e. The van der Waals surface area contributed by atoms with E-state index in [0.717, 1.165) is 27.9 Å². The van der Waals surface area contributed by atoms with Crippen molar-refractivity contribution in [3.05, 3.63) is 108 Å². The van der Waals surface area contributed by atoms with Gasteiger partial charge in [-0.05, 0) is 17.7 Å². The third-order valence-electron chi connectivity index (χ3n) is 4.40. The molecule has 0 spiro atoms. The largest absolute Gasteiger partial charge is 0.294 e. The van der Waals surface area contributed by atoms with Crippen molar-refractivity contribution in [2.24, 2.45) is 4.99 Å². The second-order valence-corrected chi connectivity index (χ2v) is 6.24. The predicted molar refractivity (Wildman–Crippen MR) is 110 cm³/mol. The van der Waals surface area contributed by atoms with Gasteiger partial charge in [-0.3, -0.25) is 14.8 Å². The lowest BCUT2D eigenvalue weighted by Crippen LogP contribution is -2.09. The van der Waals surface area contributed by atoms with E-state index in [4.69, 9.17) is 4.99 Å². The number of pyridine rings is 1. The Morgan fingerprint density at radius 3 is 2.15 bits per heavy atom. The van der Waals surface area contributed by atoms with Gasteiger partial charge in [0.2, 0.25) is 0 Å². The number of fused-ring (bicyclic) bond motifs is 1. The van der Waals surface area contributed by atoms with Crippen molar-refractivity contribution >= 4 is 28.1 Å². The molecule has 3 aromatic carbocycles. The molecule has 0 atom stereocenters. The number of hydrogen-bond acceptors (Lipinski definition) is 3. The first-order valence-electron chi connectivity index (χ1n) is 8.86. The Balaban J connectivity index is 1.78. The molecule has 0 aliphatic heterocycles. The molecule has 3 nitrogen and oxygen atoms in total. The summed E-state index contributed by atoms with van der Waals surface area (Å²) >= 11 is 0. The highest BCUT2D eigenvalue weighted by molar-refractivity contribution is 6.17. The molecule has 130 valence electrons. The molecule has 4 rings (SSSR count). The van der Waals surface area contributed by atoms with Crippen molar-refractivity contribution in [2.75, 3.05) is 0 Å². The van der Waals surface area contributed by atoms with E-state index < -0.39 is 0 Å². The molecule has 1 aromatic heterocycles. The van der Waals surface area contributed by atoms with Gasteiger partial charge in [0.25, 0.3) is 0 Å². The average Bonchev–Trinajstić information content (AvgIpc) is 2.74. The van der Waals surface area contributed by atoms with Gasteiger partial charge < -0.3 is 0 Å². The summed E-state index contributed by atoms with van der Waals surface area (Å²) in [5, 5.41) is 1.03. The van der Waals surface area contributed by atoms with Gasteiger partial charge in [0, 0.05) is 17.1 Å². The predicted octanol–water partition coefficient (Wildman–Crippen LogP) is 5.63. The van der Waals surface area contributed by atoms with Gasteiger partial charge in [-0.15, -0.1) is 0 Å². The van der Waals surface area contributed by atoms with E-state index in [0.29, 0.717) is 5.56 Å². The van der Waals surface area contributed by atoms with Gasteiger partial charge in [0.15, 0.2) is 5.78 Å². The fourth-order valence-electron chi connectivity index (χ4n) is 3.04. The zero-order valence-corrected chi connectivity index (χ0v) is 14.7. The van der Waals surface area contributed by atoms with Gasteiger partial charge in [0.05, 0.1) is 23.3 Å². The number of Topliss-reactive ketones (excluding diaryl/α,β-unsaturated/α-hetero) is 1. The van der Waals surface area contributed by atoms with Crippen molar-refractivity contribution in [3.8, 4) is 0 Å². The Morgan fingerprint density at radius 2 is 1.41 bits per heavy atom. The normalized spacial score (nSPS) is 11.5. The van der Waals surface area contributed by atoms with Gasteiger partial charge >= 0.3 is 0 Å². The summed E-state index contributed by atoms with van der Waals surface area (Å²) in [5.41, 5.74) is 3.97. The van der Waals surface area contributed by atoms with Crippen LogP contribution in [0.25, 0.3) is 10.9 Å². The molecule has 0 aliphatic rings. The van der Waals surface area contributed by atoms with E-state index in [1.165, 1.54) is 0 Å². The number of ketones is 1. The highest BCUT2D eigenvalue weighted by Gasteiger charge is 2.13. The van der Waals surface area contributed by atoms with Crippen LogP contribution in [0.15, 0.2) is 102 Å². The van der Waals surface area contributed by atoms with E-state index >= 15 is 0 Å². The summed E-state index contributed by atoms with van der Waals surface area (Å²) in [4.78, 5) is 22.1. The molecular formula is C24H18N2O. The number of aliphatic imine (C=N–C) groups is 1. The molecule has 0 saturated carbocycles. The summed E-state index contributed by atoms with van der Waals surface area (Å²) in [5.74, 6) is 0.0476. The highest BCUT2D eigenvalue weighted by atomic mass is 16.1. The third-order valence-corrected chi connectivity index (χ3v) is 4.40. The van der Waals surface area contributed by atoms with Crippen LogP contribution in [0.4, 0.5) is 5.69 Å². The number of hydrogen-bond donors (Lipinski definition) is 0. The molecule has 0 bridgehead atoms. The SMILES string of the molecule is O=C(CC(=Nc1cccc2cccnc12)c1ccccc1)c1ccccc1. The maximum Gasteiger partial charge on any atom is 0.168 e. The maximum atomic E-state index is 12.8. The number of carbonyl (C=O) groups excluding carboxylic acids is 1. The van der Waals surface area contributed by atoms with Crippen LogP contribution in [0.5, 0.6) is 0 Å². The lowest BCUT2D eigenvalue weighted by Gasteiger charge is -2.08. The molecule has 0 fully saturated rings. The summed E-state index contributed by atoms with van der Waals surface area (Å²) in [6.45, 7) is 0. The Morgan fingerprint density at radius 1 is 0.741 bits per heavy atom. The second kappa shape index (κ2) is 7.75. The first-order chi connectivity index (χ1) is 13.3. The van der Waals surface area contributed by atoms with Crippen LogP contribution in [-0.2, 0) is 0 Å². The van der Waals surface area contributed by atoms with Gasteiger partial charge in [0.1, 0.15) is 0 Å². The minimum atomic E-state index is 0.0476. The minimum absolute atomic E-state index is 0.0476. The smallest absolute Gasteiger partial charge is 0.168 e. The van der Waals surface area contributed by atoms with E-state index in [1.807, 2.05) is 91.0 Å². The van der Waals surface area contributed by atoms with Gasteiger partial charge in [-0.25, -0.2) is 0 Å². The zero-order valence-electron chi connectivity index (χ0n) is 14.7. The summed E-state index contributed by atoms with van der Waals surface area (Å²) < 4.78 is 0. The second-order valence-electron chi connectivity index (χ2n) is 6.24. The monoisotopic (exact) mass is 350 g/mol. The van der Waals surface area contributed by atoms with Gasteiger partial charge in [-0.2, -0.15) is 0 Å². The molecule has 27 heavy (non-hydrogen) atoms. The van der Waals surface area contributed by atoms with Crippen LogP contribution in [0.2, 0.25) is 0 Å². The standard InChI is InChI=1S/C24H18N2O/c27-23(19-11-5-2-6-12-19)17-22(18-9-3-1-4-10-18)26-21-15-7-13-20-14-8-16-25-24(20)21/h1-16H,17H2. The fourth-order valence-corrected chi connectivity index (χ4v) is 3.04. The quantitative estimate of drug-likeness (QED) is 0.346. The van der Waals surface area contributed by atoms with Crippen LogP contribution in [0.1, 0.15) is 22.3 Å². The Labute approximate surface area is 158 Å². The van der Waals surface area contributed by atoms with Crippen LogP contribution in [0.3, 0.4) is 0 Å². The summed E-state index contributed by atoms with van der Waals surface area (Å²) in [7, 11) is 0. The lowest BCUT2D eigenvalue weighted by atomic mass is 10.0. The first-order valence-corrected chi connectivity index (χ1v) is 8.86. The number of benzene rings is 3. The van der Waals surface area contributed by atoms with Crippen molar-refractivity contribution in [1.29, 1.82) is 0 Å². The van der Waals surface area contributed by atoms with Crippen molar-refractivity contribution in [3.63, 3.8) is 0 Å². The molecule has 1 heterocycles. The van der Waals surface area contributed by atoms with Crippen LogP contribution < -0.4 is 0 Å². The van der Waals surface area contributed by atoms with E-state index in [1.54, 1.807) is 6.20 Å². The Kier molecular flexibility index (Phi) is 4.84. The maximum absolute atomic E-state index is 12.8. The number of nitrogens with zero attached hydrogens (tertiary/aromatic N) is 2. The molecule has 4 aromatic rings. The van der Waals surface area contributed by atoms with E-state index in [-0.39, 0.29) is 12.2 Å². The molecule has 0 N–H and O–H groups in total. The van der Waals surface area contributed by atoms with Crippen LogP contribution in [0, 0.1) is 0 Å². The molecule has 0 radical (unpaired) electrons. The van der Waals surface area contributed by atoms with Crippen LogP contribution >= 0.6 is 0 Å². The molecule has 3 heteroatoms. The van der Waals surface area contributed by atoms with Crippen molar-refractivity contribution in [1.82, 2.24) is 4.98 Å². The Hall–Kier alpha value is -3.59. The topological polar surface area (TPSA) is 42.3 Å². The molecule has 0 saturated heterocycles. The Bertz CT molecular complexity index is 1100. The van der Waals surface area contributed by atoms with Crippen molar-refractivity contribution in [2.45, 2.75) is 6.42 Å². The molecular weight excluding hydrogens is 332 g/mol. The lowest BCUT2D eigenvalue weighted by molar-refractivity contribution is 0.100. The van der Waals surface area contributed by atoms with Crippen molar-refractivity contribution < 1.29 is 4.79 Å². The number of para-hydroxylation sites is 1. The number of carbonyl (C=O) groups is 1. The zero-order chi connectivity index (χ0) is 18.5. The summed E-state index contributed by atoms with van der Waals surface area (Å²) in [6, 6.07) is 29.0. The molecule has 0 unspecified atom stereocenters. The average molecular weight is 350 g/mol. The summed E-state index contributed by atoms with van der Waals surface area (Å²) in [6.07, 6.45) is 2.00. The number of aromatic nitrogens is 1. The molecule has 0 aliphatic carbocycles. The molecule has 0 amide bonds. The number of rotatable bonds is 5.